The number of ether oxygens (including phenoxy) is 1. The van der Waals surface area contributed by atoms with Crippen molar-refractivity contribution >= 4 is 56.4 Å². The molecule has 0 radical (unpaired) electrons. The minimum atomic E-state index is -3.53. The number of nitrogens with two attached hydrogens (primary N) is 1. The summed E-state index contributed by atoms with van der Waals surface area (Å²) in [6.45, 7) is 0.223. The lowest BCUT2D eigenvalue weighted by molar-refractivity contribution is 0.102. The summed E-state index contributed by atoms with van der Waals surface area (Å²) >= 11 is 11.9. The quantitative estimate of drug-likeness (QED) is 0.410. The van der Waals surface area contributed by atoms with E-state index in [1.54, 1.807) is 6.07 Å². The van der Waals surface area contributed by atoms with Gasteiger partial charge in [-0.25, -0.2) is 13.4 Å². The lowest BCUT2D eigenvalue weighted by atomic mass is 10.1. The summed E-state index contributed by atoms with van der Waals surface area (Å²) in [6, 6.07) is 11.3. The number of pyridine rings is 1. The van der Waals surface area contributed by atoms with Crippen LogP contribution in [-0.2, 0) is 9.84 Å². The maximum Gasteiger partial charge on any atom is 0.259 e. The van der Waals surface area contributed by atoms with Gasteiger partial charge >= 0.3 is 0 Å². The Morgan fingerprint density at radius 1 is 0.971 bits per heavy atom. The molecule has 2 amide bonds. The predicted octanol–water partition coefficient (Wildman–Crippen LogP) is 3.63. The van der Waals surface area contributed by atoms with Crippen LogP contribution in [0.3, 0.4) is 0 Å². The number of aromatic nitrogens is 1. The Morgan fingerprint density at radius 3 is 2.32 bits per heavy atom. The number of amides is 2. The summed E-state index contributed by atoms with van der Waals surface area (Å²) in [4.78, 5) is 29.9. The fourth-order valence-electron chi connectivity index (χ4n) is 2.85. The van der Waals surface area contributed by atoms with E-state index in [0.29, 0.717) is 5.02 Å². The number of anilines is 2. The summed E-state index contributed by atoms with van der Waals surface area (Å²) in [5.74, 6) is -0.913. The Hall–Kier alpha value is -3.18. The molecule has 12 heteroatoms. The first-order valence-corrected chi connectivity index (χ1v) is 12.4. The molecule has 0 aliphatic carbocycles. The van der Waals surface area contributed by atoms with Gasteiger partial charge in [0.25, 0.3) is 11.8 Å². The average Bonchev–Trinajstić information content (AvgIpc) is 2.79. The highest BCUT2D eigenvalue weighted by molar-refractivity contribution is 7.90. The number of carbonyl (C=O) groups excluding carboxylic acids is 2. The summed E-state index contributed by atoms with van der Waals surface area (Å²) < 4.78 is 29.3. The van der Waals surface area contributed by atoms with Crippen LogP contribution in [0.5, 0.6) is 5.75 Å². The SMILES string of the molecule is CS(=O)(=O)c1ccc(C(=O)Nc2ccc(Cl)cc2C(=O)Nc2ccc(Cl)cn2)c(OCCN)c1. The molecule has 9 nitrogen and oxygen atoms in total. The molecule has 0 spiro atoms. The Kier molecular flexibility index (Phi) is 8.11. The van der Waals surface area contributed by atoms with E-state index in [2.05, 4.69) is 15.6 Å². The molecule has 1 aromatic heterocycles. The van der Waals surface area contributed by atoms with Crippen molar-refractivity contribution in [3.63, 3.8) is 0 Å². The van der Waals surface area contributed by atoms with Crippen LogP contribution < -0.4 is 21.1 Å². The number of carbonyl (C=O) groups is 2. The average molecular weight is 523 g/mol. The minimum Gasteiger partial charge on any atom is -0.491 e. The third kappa shape index (κ3) is 6.45. The van der Waals surface area contributed by atoms with E-state index < -0.39 is 21.7 Å². The van der Waals surface area contributed by atoms with E-state index in [1.807, 2.05) is 0 Å². The fourth-order valence-corrected chi connectivity index (χ4v) is 3.77. The molecule has 1 heterocycles. The van der Waals surface area contributed by atoms with Gasteiger partial charge in [-0.3, -0.25) is 9.59 Å². The lowest BCUT2D eigenvalue weighted by Gasteiger charge is -2.15. The molecule has 34 heavy (non-hydrogen) atoms. The summed E-state index contributed by atoms with van der Waals surface area (Å²) in [5.41, 5.74) is 5.78. The summed E-state index contributed by atoms with van der Waals surface area (Å²) in [5, 5.41) is 5.93. The number of benzene rings is 2. The van der Waals surface area contributed by atoms with Crippen LogP contribution in [0.1, 0.15) is 20.7 Å². The zero-order valence-corrected chi connectivity index (χ0v) is 20.2. The number of hydrogen-bond acceptors (Lipinski definition) is 7. The molecular formula is C22H20Cl2N4O5S. The van der Waals surface area contributed by atoms with Crippen LogP contribution in [0.25, 0.3) is 0 Å². The number of nitrogens with zero attached hydrogens (tertiary/aromatic N) is 1. The summed E-state index contributed by atoms with van der Waals surface area (Å²) in [6.07, 6.45) is 2.42. The Morgan fingerprint density at radius 2 is 1.68 bits per heavy atom. The molecule has 0 aliphatic heterocycles. The van der Waals surface area contributed by atoms with Crippen LogP contribution >= 0.6 is 23.2 Å². The minimum absolute atomic E-state index is 0.0157. The van der Waals surface area contributed by atoms with Crippen molar-refractivity contribution in [3.8, 4) is 5.75 Å². The number of hydrogen-bond donors (Lipinski definition) is 3. The Bertz CT molecular complexity index is 1330. The Balaban J connectivity index is 1.91. The second kappa shape index (κ2) is 10.8. The number of sulfone groups is 1. The number of rotatable bonds is 8. The molecule has 0 fully saturated rings. The molecule has 0 bridgehead atoms. The molecular weight excluding hydrogens is 503 g/mol. The first-order chi connectivity index (χ1) is 16.1. The molecule has 0 unspecified atom stereocenters. The highest BCUT2D eigenvalue weighted by atomic mass is 35.5. The largest absolute Gasteiger partial charge is 0.491 e. The van der Waals surface area contributed by atoms with Crippen molar-refractivity contribution in [2.75, 3.05) is 30.0 Å². The number of halogens is 2. The molecule has 0 saturated carbocycles. The summed E-state index contributed by atoms with van der Waals surface area (Å²) in [7, 11) is -3.53. The van der Waals surface area contributed by atoms with Crippen molar-refractivity contribution in [1.29, 1.82) is 0 Å². The van der Waals surface area contributed by atoms with E-state index in [4.69, 9.17) is 33.7 Å². The molecule has 0 saturated heterocycles. The topological polar surface area (TPSA) is 140 Å². The van der Waals surface area contributed by atoms with Crippen LogP contribution in [0.15, 0.2) is 59.6 Å². The van der Waals surface area contributed by atoms with Gasteiger partial charge in [0.05, 0.1) is 26.7 Å². The monoisotopic (exact) mass is 522 g/mol. The molecule has 3 rings (SSSR count). The van der Waals surface area contributed by atoms with E-state index in [-0.39, 0.29) is 51.5 Å². The van der Waals surface area contributed by atoms with Gasteiger partial charge in [-0.05, 0) is 48.5 Å². The van der Waals surface area contributed by atoms with Crippen LogP contribution in [0.2, 0.25) is 10.0 Å². The molecule has 0 atom stereocenters. The fraction of sp³-hybridized carbons (Fsp3) is 0.136. The van der Waals surface area contributed by atoms with E-state index in [1.165, 1.54) is 48.7 Å². The number of nitrogens with one attached hydrogen (secondary N) is 2. The molecule has 2 aromatic carbocycles. The highest BCUT2D eigenvalue weighted by Crippen LogP contribution is 2.27. The normalized spacial score (nSPS) is 11.1. The van der Waals surface area contributed by atoms with Crippen molar-refractivity contribution in [1.82, 2.24) is 4.98 Å². The van der Waals surface area contributed by atoms with Crippen molar-refractivity contribution in [3.05, 3.63) is 75.9 Å². The van der Waals surface area contributed by atoms with Gasteiger partial charge in [0.1, 0.15) is 18.2 Å². The van der Waals surface area contributed by atoms with Crippen molar-refractivity contribution in [2.24, 2.45) is 5.73 Å². The molecule has 0 aliphatic rings. The van der Waals surface area contributed by atoms with E-state index in [0.717, 1.165) is 6.26 Å². The van der Waals surface area contributed by atoms with Gasteiger partial charge < -0.3 is 21.1 Å². The smallest absolute Gasteiger partial charge is 0.259 e. The molecule has 3 aromatic rings. The predicted molar refractivity (Wildman–Crippen MR) is 131 cm³/mol. The van der Waals surface area contributed by atoms with Crippen molar-refractivity contribution in [2.45, 2.75) is 4.90 Å². The van der Waals surface area contributed by atoms with Gasteiger partial charge in [0.15, 0.2) is 9.84 Å². The van der Waals surface area contributed by atoms with Crippen LogP contribution in [0, 0.1) is 0 Å². The molecule has 4 N–H and O–H groups in total. The zero-order chi connectivity index (χ0) is 24.9. The van der Waals surface area contributed by atoms with Gasteiger partial charge in [-0.1, -0.05) is 23.2 Å². The second-order valence-corrected chi connectivity index (χ2v) is 9.92. The first kappa shape index (κ1) is 25.4. The van der Waals surface area contributed by atoms with Crippen LogP contribution in [0.4, 0.5) is 11.5 Å². The maximum atomic E-state index is 13.1. The highest BCUT2D eigenvalue weighted by Gasteiger charge is 2.20. The maximum absolute atomic E-state index is 13.1. The second-order valence-electron chi connectivity index (χ2n) is 7.03. The standard InChI is InChI=1S/C22H20Cl2N4O5S/c1-34(31,32)15-4-5-16(19(11-15)33-9-8-25)21(29)27-18-6-2-13(23)10-17(18)22(30)28-20-7-3-14(24)12-26-20/h2-7,10-12H,8-9,25H2,1H3,(H,27,29)(H,26,28,30). The first-order valence-electron chi connectivity index (χ1n) is 9.79. The van der Waals surface area contributed by atoms with Crippen LogP contribution in [-0.4, -0.2) is 44.6 Å². The van der Waals surface area contributed by atoms with E-state index >= 15 is 0 Å². The van der Waals surface area contributed by atoms with Gasteiger partial charge in [0.2, 0.25) is 0 Å². The van der Waals surface area contributed by atoms with Gasteiger partial charge in [0, 0.05) is 24.0 Å². The van der Waals surface area contributed by atoms with Crippen molar-refractivity contribution < 1.29 is 22.7 Å². The molecule has 178 valence electrons. The Labute approximate surface area is 206 Å². The zero-order valence-electron chi connectivity index (χ0n) is 17.8. The van der Waals surface area contributed by atoms with E-state index in [9.17, 15) is 18.0 Å². The third-order valence-electron chi connectivity index (χ3n) is 4.44. The lowest BCUT2D eigenvalue weighted by Crippen LogP contribution is -2.20. The van der Waals surface area contributed by atoms with Gasteiger partial charge in [-0.15, -0.1) is 0 Å². The van der Waals surface area contributed by atoms with Gasteiger partial charge in [-0.2, -0.15) is 0 Å². The third-order valence-corrected chi connectivity index (χ3v) is 6.01.